The van der Waals surface area contributed by atoms with Crippen molar-refractivity contribution in [3.63, 3.8) is 0 Å². The second-order valence-corrected chi connectivity index (χ2v) is 10.1. The van der Waals surface area contributed by atoms with Gasteiger partial charge in [0, 0.05) is 25.3 Å². The van der Waals surface area contributed by atoms with Crippen LogP contribution in [0.1, 0.15) is 23.5 Å². The number of carbonyl (C=O) groups is 3. The minimum absolute atomic E-state index is 0.00577. The van der Waals surface area contributed by atoms with Gasteiger partial charge in [-0.25, -0.2) is 4.39 Å². The van der Waals surface area contributed by atoms with Crippen LogP contribution in [0.2, 0.25) is 4.34 Å². The van der Waals surface area contributed by atoms with Gasteiger partial charge in [-0.05, 0) is 43.3 Å². The van der Waals surface area contributed by atoms with Crippen LogP contribution in [0.15, 0.2) is 30.3 Å². The molecule has 0 radical (unpaired) electrons. The van der Waals surface area contributed by atoms with Crippen molar-refractivity contribution in [2.75, 3.05) is 50.1 Å². The highest BCUT2D eigenvalue weighted by Gasteiger charge is 2.26. The highest BCUT2D eigenvalue weighted by atomic mass is 35.5. The molecule has 3 amide bonds. The van der Waals surface area contributed by atoms with Crippen molar-refractivity contribution in [3.05, 3.63) is 45.4 Å². The summed E-state index contributed by atoms with van der Waals surface area (Å²) in [6.07, 6.45) is 0. The van der Waals surface area contributed by atoms with E-state index in [0.29, 0.717) is 34.6 Å². The molecule has 1 aromatic heterocycles. The lowest BCUT2D eigenvalue weighted by Crippen LogP contribution is -2.50. The Balaban J connectivity index is 1.71. The zero-order chi connectivity index (χ0) is 24.8. The third-order valence-corrected chi connectivity index (χ3v) is 6.48. The van der Waals surface area contributed by atoms with Crippen molar-refractivity contribution < 1.29 is 23.5 Å². The third kappa shape index (κ3) is 6.75. The Morgan fingerprint density at radius 1 is 1.29 bits per heavy atom. The van der Waals surface area contributed by atoms with Crippen LogP contribution >= 0.6 is 22.9 Å². The summed E-state index contributed by atoms with van der Waals surface area (Å²) in [6.45, 7) is 5.32. The number of rotatable bonds is 9. The predicted octanol–water partition coefficient (Wildman–Crippen LogP) is 3.23. The molecule has 3 rings (SSSR count). The van der Waals surface area contributed by atoms with Crippen LogP contribution in [-0.2, 0) is 14.3 Å². The molecule has 1 aliphatic rings. The van der Waals surface area contributed by atoms with Gasteiger partial charge in [0.1, 0.15) is 18.5 Å². The molecule has 34 heavy (non-hydrogen) atoms. The summed E-state index contributed by atoms with van der Waals surface area (Å²) in [5.74, 6) is -1.43. The number of halogens is 2. The normalized spacial score (nSPS) is 15.0. The molecular formula is C23H28ClFN4O4S. The summed E-state index contributed by atoms with van der Waals surface area (Å²) in [4.78, 5) is 41.3. The highest BCUT2D eigenvalue weighted by Crippen LogP contribution is 2.24. The Hall–Kier alpha value is -2.53. The Morgan fingerprint density at radius 2 is 2.06 bits per heavy atom. The van der Waals surface area contributed by atoms with Gasteiger partial charge < -0.3 is 20.3 Å². The molecule has 11 heteroatoms. The van der Waals surface area contributed by atoms with E-state index >= 15 is 0 Å². The zero-order valence-electron chi connectivity index (χ0n) is 19.3. The maximum atomic E-state index is 14.8. The first-order valence-corrected chi connectivity index (χ1v) is 12.1. The molecule has 1 atom stereocenters. The number of hydrogen-bond acceptors (Lipinski definition) is 6. The number of nitrogens with zero attached hydrogens (tertiary/aromatic N) is 2. The second-order valence-electron chi connectivity index (χ2n) is 8.41. The van der Waals surface area contributed by atoms with Crippen LogP contribution in [0, 0.1) is 11.7 Å². The Labute approximate surface area is 207 Å². The molecule has 1 aliphatic heterocycles. The summed E-state index contributed by atoms with van der Waals surface area (Å²) in [5, 5.41) is 5.39. The molecule has 1 fully saturated rings. The van der Waals surface area contributed by atoms with Crippen LogP contribution in [-0.4, -0.2) is 68.6 Å². The number of thiophene rings is 1. The van der Waals surface area contributed by atoms with E-state index in [0.717, 1.165) is 11.3 Å². The standard InChI is InChI=1S/C23H28ClFN4O4S/c1-14(2)12-28(3)18(11-26-23(32)19-6-7-20(24)34-19)22(31)27-17-5-4-15(10-16(17)25)29-8-9-33-13-21(29)30/h4-7,10,14,18H,8-9,11-13H2,1-3H3,(H,26,32)(H,27,31)/t18-/m1/s1. The molecule has 0 aliphatic carbocycles. The van der Waals surface area contributed by atoms with Crippen molar-refractivity contribution in [3.8, 4) is 0 Å². The number of carbonyl (C=O) groups excluding carboxylic acids is 3. The lowest BCUT2D eigenvalue weighted by atomic mass is 10.1. The number of amides is 3. The highest BCUT2D eigenvalue weighted by molar-refractivity contribution is 7.18. The fourth-order valence-corrected chi connectivity index (χ4v) is 4.60. The smallest absolute Gasteiger partial charge is 0.261 e. The lowest BCUT2D eigenvalue weighted by Gasteiger charge is -2.29. The van der Waals surface area contributed by atoms with Crippen LogP contribution in [0.5, 0.6) is 0 Å². The summed E-state index contributed by atoms with van der Waals surface area (Å²) >= 11 is 7.05. The molecule has 1 saturated heterocycles. The number of nitrogens with one attached hydrogen (secondary N) is 2. The molecule has 1 aromatic carbocycles. The lowest BCUT2D eigenvalue weighted by molar-refractivity contribution is -0.125. The first kappa shape index (κ1) is 26.1. The van der Waals surface area contributed by atoms with Crippen LogP contribution in [0.3, 0.4) is 0 Å². The molecule has 0 spiro atoms. The molecule has 2 aromatic rings. The van der Waals surface area contributed by atoms with E-state index < -0.39 is 17.8 Å². The average Bonchev–Trinajstić information content (AvgIpc) is 3.21. The van der Waals surface area contributed by atoms with Gasteiger partial charge in [0.05, 0.1) is 21.5 Å². The van der Waals surface area contributed by atoms with Crippen LogP contribution in [0.4, 0.5) is 15.8 Å². The minimum Gasteiger partial charge on any atom is -0.370 e. The first-order valence-electron chi connectivity index (χ1n) is 10.9. The van der Waals surface area contributed by atoms with Gasteiger partial charge in [-0.15, -0.1) is 11.3 Å². The van der Waals surface area contributed by atoms with E-state index in [2.05, 4.69) is 10.6 Å². The second kappa shape index (κ2) is 11.7. The Kier molecular flexibility index (Phi) is 9.01. The van der Waals surface area contributed by atoms with Crippen molar-refractivity contribution in [2.24, 2.45) is 5.92 Å². The summed E-state index contributed by atoms with van der Waals surface area (Å²) < 4.78 is 20.4. The fourth-order valence-electron chi connectivity index (χ4n) is 3.65. The summed E-state index contributed by atoms with van der Waals surface area (Å²) in [6, 6.07) is 6.74. The molecule has 0 bridgehead atoms. The topological polar surface area (TPSA) is 91.0 Å². The number of benzene rings is 1. The fraction of sp³-hybridized carbons (Fsp3) is 0.435. The Bertz CT molecular complexity index is 1050. The van der Waals surface area contributed by atoms with Gasteiger partial charge in [-0.1, -0.05) is 25.4 Å². The van der Waals surface area contributed by atoms with Crippen molar-refractivity contribution in [1.82, 2.24) is 10.2 Å². The van der Waals surface area contributed by atoms with E-state index in [1.807, 2.05) is 18.7 Å². The quantitative estimate of drug-likeness (QED) is 0.540. The van der Waals surface area contributed by atoms with E-state index in [4.69, 9.17) is 16.3 Å². The third-order valence-electron chi connectivity index (χ3n) is 5.25. The largest absolute Gasteiger partial charge is 0.370 e. The number of anilines is 2. The van der Waals surface area contributed by atoms with Crippen molar-refractivity contribution in [1.29, 1.82) is 0 Å². The number of morpholine rings is 1. The zero-order valence-corrected chi connectivity index (χ0v) is 20.8. The Morgan fingerprint density at radius 3 is 2.68 bits per heavy atom. The summed E-state index contributed by atoms with van der Waals surface area (Å²) in [5.41, 5.74) is 0.396. The SMILES string of the molecule is CC(C)CN(C)[C@H](CNC(=O)c1ccc(Cl)s1)C(=O)Nc1ccc(N2CCOCC2=O)cc1F. The average molecular weight is 511 g/mol. The van der Waals surface area contributed by atoms with E-state index in [-0.39, 0.29) is 36.6 Å². The van der Waals surface area contributed by atoms with Gasteiger partial charge in [0.2, 0.25) is 5.91 Å². The number of ether oxygens (including phenoxy) is 1. The molecule has 0 saturated carbocycles. The molecule has 0 unspecified atom stereocenters. The van der Waals surface area contributed by atoms with Crippen LogP contribution < -0.4 is 15.5 Å². The van der Waals surface area contributed by atoms with E-state index in [9.17, 15) is 18.8 Å². The molecule has 184 valence electrons. The number of hydrogen-bond donors (Lipinski definition) is 2. The summed E-state index contributed by atoms with van der Waals surface area (Å²) in [7, 11) is 1.78. The van der Waals surface area contributed by atoms with Gasteiger partial charge >= 0.3 is 0 Å². The van der Waals surface area contributed by atoms with Crippen molar-refractivity contribution in [2.45, 2.75) is 19.9 Å². The van der Waals surface area contributed by atoms with Crippen molar-refractivity contribution >= 4 is 52.0 Å². The van der Waals surface area contributed by atoms with Gasteiger partial charge in [0.25, 0.3) is 11.8 Å². The molecular weight excluding hydrogens is 483 g/mol. The van der Waals surface area contributed by atoms with E-state index in [1.165, 1.54) is 17.0 Å². The molecule has 2 N–H and O–H groups in total. The van der Waals surface area contributed by atoms with Gasteiger partial charge in [-0.3, -0.25) is 19.3 Å². The van der Waals surface area contributed by atoms with E-state index in [1.54, 1.807) is 25.2 Å². The predicted molar refractivity (Wildman–Crippen MR) is 131 cm³/mol. The molecule has 8 nitrogen and oxygen atoms in total. The first-order chi connectivity index (χ1) is 16.2. The monoisotopic (exact) mass is 510 g/mol. The minimum atomic E-state index is -0.735. The maximum Gasteiger partial charge on any atom is 0.261 e. The maximum absolute atomic E-state index is 14.8. The molecule has 2 heterocycles. The number of likely N-dealkylation sites (N-methyl/N-ethyl adjacent to an activating group) is 1. The van der Waals surface area contributed by atoms with Gasteiger partial charge in [-0.2, -0.15) is 0 Å². The van der Waals surface area contributed by atoms with Gasteiger partial charge in [0.15, 0.2) is 0 Å². The van der Waals surface area contributed by atoms with Crippen LogP contribution in [0.25, 0.3) is 0 Å².